The van der Waals surface area contributed by atoms with Crippen LogP contribution in [0.25, 0.3) is 11.1 Å². The summed E-state index contributed by atoms with van der Waals surface area (Å²) in [6.45, 7) is 161. The molecule has 8 aliphatic rings. The van der Waals surface area contributed by atoms with Gasteiger partial charge in [-0.3, -0.25) is 43.9 Å². The Balaban J connectivity index is 0.000000568. The molecule has 2 N–H and O–H groups in total. The first-order chi connectivity index (χ1) is 67.6. The summed E-state index contributed by atoms with van der Waals surface area (Å²) in [5, 5.41) is 11.5. The third-order valence-electron chi connectivity index (χ3n) is 32.0. The van der Waals surface area contributed by atoms with Gasteiger partial charge >= 0.3 is 0 Å². The number of aromatic nitrogens is 2. The number of likely N-dealkylation sites (tertiary alicyclic amines) is 4. The van der Waals surface area contributed by atoms with Gasteiger partial charge in [0.05, 0.1) is 49.9 Å². The van der Waals surface area contributed by atoms with Crippen LogP contribution in [0, 0.1) is 62.1 Å². The molecule has 0 bridgehead atoms. The first-order valence-electron chi connectivity index (χ1n) is 60.9. The molecule has 9 heterocycles. The van der Waals surface area contributed by atoms with E-state index in [1.54, 1.807) is 0 Å². The first kappa shape index (κ1) is 143. The maximum atomic E-state index is 5.78. The maximum absolute atomic E-state index is 5.78. The van der Waals surface area contributed by atoms with Crippen molar-refractivity contribution in [2.24, 2.45) is 62.1 Å². The largest absolute Gasteiger partial charge is 0.377 e. The molecular weight excluding hydrogens is 1830 g/mol. The van der Waals surface area contributed by atoms with E-state index in [1.807, 2.05) is 24.7 Å². The van der Waals surface area contributed by atoms with Crippen LogP contribution >= 0.6 is 0 Å². The molecule has 0 radical (unpaired) electrons. The minimum Gasteiger partial charge on any atom is -0.377 e. The molecule has 10 rings (SSSR count). The standard InChI is InChI=1S/C18H26N2O.C15H32N2.C15H31NO.C15H31N.C14H31N3.C14H30N2O.C14H30N2.C13H27N.C12H26N2/c1-14(2)11-16-5-7-17(8-6-16)18-12-19-20(13-18)9-10-21-15(3)4;1-14(2,3)13-7-10-17(11-8-13)12-9-16-15(4,5)6;1-14(2,3)13-7-9-16(10-8-13)11-12-17-15(4,5)6;1-14(2,3)9-12-16-10-7-13(8-11-16)15(4,5)6;1-13(2,3)15-7-8-16-9-11-17(12-10-16)14(4,5)6;1-13(2,3)16-9-7-15(8-10-16)11-12-17-14(4,5)6;1-13(2,3)7-8-15-9-11-16(12-10-15)14(4,5)6;1-12(2,3)11-7-9-14(10-8-11)13(4,5)6;1-11(2,3)13-7-9-14(10-8-13)12(4,5)6/h5-8,12-15H,9-11H2,1-4H3;13,16H,7-12H2,1-6H3;13H,7-12H2,1-6H3;13H,7-12H2,1-6H3;15H,7-12H2,1-6H3;7-12H2,1-6H3;7-12H2,1-6H3;11H,7-10H2,1-6H3;7-10H2,1-6H3. The molecule has 19 nitrogen and oxygen atoms in total. The van der Waals surface area contributed by atoms with E-state index >= 15 is 0 Å². The van der Waals surface area contributed by atoms with E-state index in [0.717, 1.165) is 81.6 Å². The molecule has 149 heavy (non-hydrogen) atoms. The lowest BCUT2D eigenvalue weighted by Gasteiger charge is -2.46. The van der Waals surface area contributed by atoms with E-state index in [2.05, 4.69) is 451 Å². The van der Waals surface area contributed by atoms with Crippen LogP contribution in [0.5, 0.6) is 0 Å². The molecule has 8 saturated heterocycles. The summed E-state index contributed by atoms with van der Waals surface area (Å²) in [7, 11) is 0. The van der Waals surface area contributed by atoms with E-state index in [0.29, 0.717) is 78.2 Å². The second kappa shape index (κ2) is 63.8. The van der Waals surface area contributed by atoms with Gasteiger partial charge in [-0.15, -0.1) is 0 Å². The number of ether oxygens (including phenoxy) is 3. The van der Waals surface area contributed by atoms with Gasteiger partial charge in [0.1, 0.15) is 0 Å². The van der Waals surface area contributed by atoms with Crippen LogP contribution in [0.15, 0.2) is 36.7 Å². The molecule has 0 saturated carbocycles. The molecular formula is C130H264N16O3. The van der Waals surface area contributed by atoms with Crippen LogP contribution in [0.3, 0.4) is 0 Å². The van der Waals surface area contributed by atoms with Gasteiger partial charge in [0.15, 0.2) is 0 Å². The molecule has 0 unspecified atom stereocenters. The van der Waals surface area contributed by atoms with Crippen molar-refractivity contribution < 1.29 is 14.2 Å². The molecule has 0 amide bonds. The third-order valence-corrected chi connectivity index (χ3v) is 32.0. The molecule has 0 atom stereocenters. The van der Waals surface area contributed by atoms with Gasteiger partial charge in [0, 0.05) is 200 Å². The van der Waals surface area contributed by atoms with Crippen LogP contribution in [0.4, 0.5) is 0 Å². The highest BCUT2D eigenvalue weighted by Gasteiger charge is 2.38. The Morgan fingerprint density at radius 2 is 0.517 bits per heavy atom. The Hall–Kier alpha value is -2.25. The van der Waals surface area contributed by atoms with E-state index in [-0.39, 0.29) is 28.4 Å². The Kier molecular flexibility index (Phi) is 61.2. The lowest BCUT2D eigenvalue weighted by Crippen LogP contribution is -2.57. The van der Waals surface area contributed by atoms with E-state index in [1.165, 1.54) is 259 Å². The SMILES string of the molecule is CC(C)(C)C1CCN(C(C)(C)C)CC1.CC(C)(C)CCN1CCC(C(C)(C)C)CC1.CC(C)(C)CCN1CCN(C(C)(C)C)CC1.CC(C)(C)N1CCN(C(C)(C)C)CC1.CC(C)(C)NCCN1CCC(C(C)(C)C)CC1.CC(C)(C)NCCN1CCN(C(C)(C)C)CC1.CC(C)(C)OCCN1CCC(C(C)(C)C)CC1.CC(C)(C)OCCN1CCN(C(C)(C)C)CC1.CC(C)Cc1ccc(-c2cnn(CCOC(C)C)c2)cc1. The van der Waals surface area contributed by atoms with Crippen molar-refractivity contribution in [1.82, 2.24) is 79.2 Å². The number of hydrogen-bond acceptors (Lipinski definition) is 18. The van der Waals surface area contributed by atoms with Gasteiger partial charge in [-0.05, 0) is 431 Å². The molecule has 1 aromatic heterocycles. The van der Waals surface area contributed by atoms with E-state index in [9.17, 15) is 0 Å². The van der Waals surface area contributed by atoms with Crippen LogP contribution in [-0.4, -0.2) is 359 Å². The summed E-state index contributed by atoms with van der Waals surface area (Å²) in [4.78, 5) is 31.0. The van der Waals surface area contributed by atoms with Crippen LogP contribution in [-0.2, 0) is 27.2 Å². The minimum absolute atomic E-state index is 0.00370. The Labute approximate surface area is 931 Å². The molecule has 0 aliphatic carbocycles. The lowest BCUT2D eigenvalue weighted by atomic mass is 9.75. The summed E-state index contributed by atoms with van der Waals surface area (Å²) in [6, 6.07) is 8.80. The van der Waals surface area contributed by atoms with Gasteiger partial charge in [-0.2, -0.15) is 5.10 Å². The van der Waals surface area contributed by atoms with Crippen LogP contribution in [0.1, 0.15) is 430 Å². The Bertz CT molecular complexity index is 3330. The van der Waals surface area contributed by atoms with Gasteiger partial charge in [-0.25, -0.2) is 0 Å². The number of nitrogens with one attached hydrogen (secondary N) is 2. The molecule has 1 aromatic carbocycles. The maximum Gasteiger partial charge on any atom is 0.0666 e. The number of piperazine rings is 4. The zero-order valence-corrected chi connectivity index (χ0v) is 110. The normalized spacial score (nSPS) is 20.0. The van der Waals surface area contributed by atoms with Gasteiger partial charge in [0.25, 0.3) is 0 Å². The van der Waals surface area contributed by atoms with E-state index in [4.69, 9.17) is 14.2 Å². The Morgan fingerprint density at radius 1 is 0.275 bits per heavy atom. The molecule has 8 aliphatic heterocycles. The lowest BCUT2D eigenvalue weighted by molar-refractivity contribution is -0.0220. The zero-order valence-electron chi connectivity index (χ0n) is 110. The van der Waals surface area contributed by atoms with Crippen molar-refractivity contribution in [3.05, 3.63) is 42.2 Å². The fourth-order valence-corrected chi connectivity index (χ4v) is 20.9. The second-order valence-electron chi connectivity index (χ2n) is 63.7. The summed E-state index contributed by atoms with van der Waals surface area (Å²) < 4.78 is 19.1. The Morgan fingerprint density at radius 3 is 0.765 bits per heavy atom. The number of rotatable bonds is 23. The highest BCUT2D eigenvalue weighted by atomic mass is 16.5. The third kappa shape index (κ3) is 67.8. The average Bonchev–Trinajstić information content (AvgIpc) is 1.67. The average molecular weight is 2100 g/mol. The summed E-state index contributed by atoms with van der Waals surface area (Å²) in [5.41, 5.74) is 9.25. The van der Waals surface area contributed by atoms with Crippen LogP contribution < -0.4 is 10.6 Å². The van der Waals surface area contributed by atoms with E-state index < -0.39 is 0 Å². The number of benzene rings is 1. The first-order valence-corrected chi connectivity index (χ1v) is 60.9. The van der Waals surface area contributed by atoms with Crippen LogP contribution in [0.2, 0.25) is 0 Å². The highest BCUT2D eigenvalue weighted by molar-refractivity contribution is 5.62. The summed E-state index contributed by atoms with van der Waals surface area (Å²) in [5.74, 6) is 4.34. The second-order valence-corrected chi connectivity index (χ2v) is 63.7. The van der Waals surface area contributed by atoms with Crippen molar-refractivity contribution in [1.29, 1.82) is 0 Å². The number of piperidine rings is 4. The van der Waals surface area contributed by atoms with Crippen molar-refractivity contribution >= 4 is 0 Å². The minimum atomic E-state index is -0.00671. The van der Waals surface area contributed by atoms with Crippen molar-refractivity contribution in [3.8, 4) is 11.1 Å². The number of nitrogens with zero attached hydrogens (tertiary/aromatic N) is 14. The van der Waals surface area contributed by atoms with Gasteiger partial charge in [-0.1, -0.05) is 163 Å². The quantitative estimate of drug-likeness (QED) is 0.110. The summed E-state index contributed by atoms with van der Waals surface area (Å²) in [6.07, 6.45) is 19.0. The number of hydrogen-bond donors (Lipinski definition) is 2. The summed E-state index contributed by atoms with van der Waals surface area (Å²) >= 11 is 0. The molecule has 8 fully saturated rings. The monoisotopic (exact) mass is 2100 g/mol. The topological polar surface area (TPSA) is 108 Å². The van der Waals surface area contributed by atoms with Crippen molar-refractivity contribution in [2.75, 3.05) is 229 Å². The van der Waals surface area contributed by atoms with Gasteiger partial charge < -0.3 is 44.4 Å². The predicted octanol–water partition coefficient (Wildman–Crippen LogP) is 27.6. The van der Waals surface area contributed by atoms with Gasteiger partial charge in [0.2, 0.25) is 0 Å². The smallest absolute Gasteiger partial charge is 0.0666 e. The highest BCUT2D eigenvalue weighted by Crippen LogP contribution is 2.40. The molecule has 0 spiro atoms. The van der Waals surface area contributed by atoms with Crippen molar-refractivity contribution in [3.63, 3.8) is 0 Å². The predicted molar refractivity (Wildman–Crippen MR) is 658 cm³/mol. The fraction of sp³-hybridized carbons (Fsp3) is 0.931. The molecule has 19 heteroatoms. The zero-order chi connectivity index (χ0) is 114. The van der Waals surface area contributed by atoms with Crippen molar-refractivity contribution in [2.45, 2.75) is 499 Å². The fourth-order valence-electron chi connectivity index (χ4n) is 20.9. The molecule has 2 aromatic rings. The molecule has 882 valence electrons.